The second-order valence-electron chi connectivity index (χ2n) is 2.87. The molecule has 0 unspecified atom stereocenters. The van der Waals surface area contributed by atoms with Crippen LogP contribution in [-0.4, -0.2) is 34.1 Å². The van der Waals surface area contributed by atoms with E-state index >= 15 is 0 Å². The molecule has 0 spiro atoms. The highest BCUT2D eigenvalue weighted by Crippen LogP contribution is 1.95. The Hall–Kier alpha value is -1.59. The molecule has 0 aliphatic rings. The fraction of sp³-hybridized carbons (Fsp3) is 0.625. The van der Waals surface area contributed by atoms with Gasteiger partial charge in [-0.15, -0.1) is 0 Å². The van der Waals surface area contributed by atoms with Gasteiger partial charge in [-0.2, -0.15) is 0 Å². The molecule has 0 radical (unpaired) electrons. The minimum absolute atomic E-state index is 0.0317. The topological polar surface area (TPSA) is 104 Å². The van der Waals surface area contributed by atoms with Crippen molar-refractivity contribution < 1.29 is 24.6 Å². The lowest BCUT2D eigenvalue weighted by Crippen LogP contribution is -2.38. The zero-order chi connectivity index (χ0) is 11.1. The Kier molecular flexibility index (Phi) is 5.28. The zero-order valence-electron chi connectivity index (χ0n) is 7.82. The number of hydrogen-bond donors (Lipinski definition) is 3. The number of amides is 1. The molecule has 0 aromatic carbocycles. The van der Waals surface area contributed by atoms with Gasteiger partial charge in [-0.05, 0) is 13.3 Å². The average Bonchev–Trinajstić information content (AvgIpc) is 2.02. The lowest BCUT2D eigenvalue weighted by Gasteiger charge is -2.08. The van der Waals surface area contributed by atoms with Crippen molar-refractivity contribution in [3.05, 3.63) is 0 Å². The van der Waals surface area contributed by atoms with Gasteiger partial charge in [0.15, 0.2) is 0 Å². The van der Waals surface area contributed by atoms with Crippen LogP contribution in [0.5, 0.6) is 0 Å². The molecule has 0 aromatic heterocycles. The van der Waals surface area contributed by atoms with Gasteiger partial charge in [0.2, 0.25) is 5.91 Å². The second kappa shape index (κ2) is 5.95. The summed E-state index contributed by atoms with van der Waals surface area (Å²) < 4.78 is 0. The Balaban J connectivity index is 3.65. The Morgan fingerprint density at radius 3 is 2.21 bits per heavy atom. The maximum atomic E-state index is 11.0. The predicted molar refractivity (Wildman–Crippen MR) is 46.7 cm³/mol. The lowest BCUT2D eigenvalue weighted by atomic mass is 10.2. The highest BCUT2D eigenvalue weighted by atomic mass is 16.4. The van der Waals surface area contributed by atoms with Crippen LogP contribution in [0.2, 0.25) is 0 Å². The van der Waals surface area contributed by atoms with E-state index in [1.54, 1.807) is 0 Å². The smallest absolute Gasteiger partial charge is 0.325 e. The first-order valence-electron chi connectivity index (χ1n) is 4.17. The van der Waals surface area contributed by atoms with Crippen molar-refractivity contribution in [2.75, 3.05) is 0 Å². The van der Waals surface area contributed by atoms with E-state index in [4.69, 9.17) is 10.2 Å². The third kappa shape index (κ3) is 5.99. The maximum Gasteiger partial charge on any atom is 0.325 e. The number of aliphatic carboxylic acids is 2. The number of carboxylic acid groups (broad SMARTS) is 2. The summed E-state index contributed by atoms with van der Waals surface area (Å²) in [6.07, 6.45) is 0.159. The Bertz CT molecular complexity index is 238. The molecule has 3 N–H and O–H groups in total. The van der Waals surface area contributed by atoms with Crippen LogP contribution >= 0.6 is 0 Å². The van der Waals surface area contributed by atoms with E-state index in [0.717, 1.165) is 0 Å². The van der Waals surface area contributed by atoms with E-state index in [9.17, 15) is 14.4 Å². The predicted octanol–water partition coefficient (Wildman–Crippen LogP) is -0.169. The standard InChI is InChI=1S/C8H13NO5/c1-5(8(13)14)9-6(10)3-2-4-7(11)12/h5H,2-4H2,1H3,(H,9,10)(H,11,12)(H,13,14)/t5-/m1/s1. The number of carbonyl (C=O) groups excluding carboxylic acids is 1. The van der Waals surface area contributed by atoms with Crippen LogP contribution in [0.4, 0.5) is 0 Å². The quantitative estimate of drug-likeness (QED) is 0.556. The van der Waals surface area contributed by atoms with Crippen molar-refractivity contribution in [1.82, 2.24) is 5.32 Å². The average molecular weight is 203 g/mol. The lowest BCUT2D eigenvalue weighted by molar-refractivity contribution is -0.141. The van der Waals surface area contributed by atoms with Crippen molar-refractivity contribution in [2.45, 2.75) is 32.2 Å². The summed E-state index contributed by atoms with van der Waals surface area (Å²) in [6.45, 7) is 1.34. The van der Waals surface area contributed by atoms with Crippen LogP contribution in [-0.2, 0) is 14.4 Å². The van der Waals surface area contributed by atoms with Gasteiger partial charge in [-0.25, -0.2) is 0 Å². The summed E-state index contributed by atoms with van der Waals surface area (Å²) in [5.41, 5.74) is 0. The van der Waals surface area contributed by atoms with Gasteiger partial charge >= 0.3 is 11.9 Å². The fourth-order valence-corrected chi connectivity index (χ4v) is 0.776. The molecule has 0 bridgehead atoms. The first-order valence-corrected chi connectivity index (χ1v) is 4.17. The van der Waals surface area contributed by atoms with E-state index in [-0.39, 0.29) is 19.3 Å². The van der Waals surface area contributed by atoms with Crippen molar-refractivity contribution in [1.29, 1.82) is 0 Å². The summed E-state index contributed by atoms with van der Waals surface area (Å²) >= 11 is 0. The van der Waals surface area contributed by atoms with Gasteiger partial charge in [-0.3, -0.25) is 14.4 Å². The molecule has 0 heterocycles. The Morgan fingerprint density at radius 1 is 1.21 bits per heavy atom. The van der Waals surface area contributed by atoms with E-state index in [2.05, 4.69) is 5.32 Å². The highest BCUT2D eigenvalue weighted by molar-refractivity contribution is 5.83. The normalized spacial score (nSPS) is 11.8. The summed E-state index contributed by atoms with van der Waals surface area (Å²) in [5, 5.41) is 18.9. The van der Waals surface area contributed by atoms with Crippen LogP contribution < -0.4 is 5.32 Å². The minimum Gasteiger partial charge on any atom is -0.481 e. The van der Waals surface area contributed by atoms with Crippen LogP contribution in [0.25, 0.3) is 0 Å². The first kappa shape index (κ1) is 12.4. The molecule has 0 aromatic rings. The van der Waals surface area contributed by atoms with Crippen LogP contribution in [0.1, 0.15) is 26.2 Å². The van der Waals surface area contributed by atoms with E-state index in [1.165, 1.54) is 6.92 Å². The first-order chi connectivity index (χ1) is 6.43. The van der Waals surface area contributed by atoms with E-state index < -0.39 is 23.9 Å². The number of carboxylic acids is 2. The van der Waals surface area contributed by atoms with Crippen molar-refractivity contribution in [3.63, 3.8) is 0 Å². The molecule has 80 valence electrons. The summed E-state index contributed by atoms with van der Waals surface area (Å²) in [5.74, 6) is -2.53. The third-order valence-electron chi connectivity index (χ3n) is 1.54. The molecule has 14 heavy (non-hydrogen) atoms. The molecular formula is C8H13NO5. The maximum absolute atomic E-state index is 11.0. The molecule has 6 nitrogen and oxygen atoms in total. The number of hydrogen-bond acceptors (Lipinski definition) is 3. The fourth-order valence-electron chi connectivity index (χ4n) is 0.776. The van der Waals surface area contributed by atoms with Crippen molar-refractivity contribution in [3.8, 4) is 0 Å². The van der Waals surface area contributed by atoms with Crippen LogP contribution in [0, 0.1) is 0 Å². The zero-order valence-corrected chi connectivity index (χ0v) is 7.82. The van der Waals surface area contributed by atoms with Crippen LogP contribution in [0.15, 0.2) is 0 Å². The molecule has 0 saturated carbocycles. The molecule has 6 heteroatoms. The summed E-state index contributed by atoms with van der Waals surface area (Å²) in [6, 6.07) is -0.938. The van der Waals surface area contributed by atoms with Gasteiger partial charge < -0.3 is 15.5 Å². The van der Waals surface area contributed by atoms with Gasteiger partial charge in [0.1, 0.15) is 6.04 Å². The van der Waals surface area contributed by atoms with Gasteiger partial charge in [0, 0.05) is 12.8 Å². The second-order valence-corrected chi connectivity index (χ2v) is 2.87. The third-order valence-corrected chi connectivity index (χ3v) is 1.54. The van der Waals surface area contributed by atoms with Crippen molar-refractivity contribution >= 4 is 17.8 Å². The summed E-state index contributed by atoms with van der Waals surface area (Å²) in [4.78, 5) is 31.4. The molecule has 0 aliphatic heterocycles. The highest BCUT2D eigenvalue weighted by Gasteiger charge is 2.13. The van der Waals surface area contributed by atoms with E-state index in [0.29, 0.717) is 0 Å². The summed E-state index contributed by atoms with van der Waals surface area (Å²) in [7, 11) is 0. The molecule has 1 atom stereocenters. The minimum atomic E-state index is -1.11. The molecular weight excluding hydrogens is 190 g/mol. The SMILES string of the molecule is C[C@@H](NC(=O)CCCC(=O)O)C(=O)O. The molecule has 0 saturated heterocycles. The van der Waals surface area contributed by atoms with Crippen LogP contribution in [0.3, 0.4) is 0 Å². The van der Waals surface area contributed by atoms with Gasteiger partial charge in [-0.1, -0.05) is 0 Å². The monoisotopic (exact) mass is 203 g/mol. The number of rotatable bonds is 6. The van der Waals surface area contributed by atoms with Crippen molar-refractivity contribution in [2.24, 2.45) is 0 Å². The number of nitrogens with one attached hydrogen (secondary N) is 1. The largest absolute Gasteiger partial charge is 0.481 e. The molecule has 1 amide bonds. The Morgan fingerprint density at radius 2 is 1.79 bits per heavy atom. The van der Waals surface area contributed by atoms with E-state index in [1.807, 2.05) is 0 Å². The Labute approximate surface area is 80.9 Å². The van der Waals surface area contributed by atoms with Gasteiger partial charge in [0.25, 0.3) is 0 Å². The molecule has 0 rings (SSSR count). The molecule has 0 aliphatic carbocycles. The number of carbonyl (C=O) groups is 3. The van der Waals surface area contributed by atoms with Gasteiger partial charge in [0.05, 0.1) is 0 Å². The molecule has 0 fully saturated rings.